The van der Waals surface area contributed by atoms with Crippen molar-refractivity contribution in [3.8, 4) is 0 Å². The van der Waals surface area contributed by atoms with Crippen LogP contribution < -0.4 is 0 Å². The van der Waals surface area contributed by atoms with Crippen LogP contribution in [0.2, 0.25) is 0 Å². The molecule has 1 fully saturated rings. The lowest BCUT2D eigenvalue weighted by atomic mass is 10.0. The summed E-state index contributed by atoms with van der Waals surface area (Å²) in [5.74, 6) is 0.0339. The first-order chi connectivity index (χ1) is 7.95. The summed E-state index contributed by atoms with van der Waals surface area (Å²) in [5.41, 5.74) is 0. The van der Waals surface area contributed by atoms with Crippen LogP contribution in [0.25, 0.3) is 0 Å². The van der Waals surface area contributed by atoms with Crippen molar-refractivity contribution in [1.82, 2.24) is 9.80 Å². The van der Waals surface area contributed by atoms with E-state index in [-0.39, 0.29) is 12.6 Å². The zero-order chi connectivity index (χ0) is 13.0. The van der Waals surface area contributed by atoms with Gasteiger partial charge in [-0.2, -0.15) is 0 Å². The summed E-state index contributed by atoms with van der Waals surface area (Å²) in [7, 11) is 0. The molecule has 0 spiro atoms. The van der Waals surface area contributed by atoms with Crippen molar-refractivity contribution in [3.63, 3.8) is 0 Å². The third kappa shape index (κ3) is 3.61. The van der Waals surface area contributed by atoms with Gasteiger partial charge in [0.2, 0.25) is 0 Å². The quantitative estimate of drug-likeness (QED) is 0.812. The number of hydrogen-bond acceptors (Lipinski definition) is 2. The molecule has 0 aromatic rings. The fraction of sp³-hybridized carbons (Fsp3) is 0.833. The number of carbonyl (C=O) groups is 2. The molecule has 0 bridgehead atoms. The van der Waals surface area contributed by atoms with E-state index in [9.17, 15) is 9.59 Å². The van der Waals surface area contributed by atoms with E-state index < -0.39 is 5.97 Å². The molecule has 0 aromatic carbocycles. The molecule has 2 atom stereocenters. The van der Waals surface area contributed by atoms with Crippen molar-refractivity contribution in [2.45, 2.75) is 27.2 Å². The Bertz CT molecular complexity index is 283. The van der Waals surface area contributed by atoms with E-state index >= 15 is 0 Å². The summed E-state index contributed by atoms with van der Waals surface area (Å²) in [6, 6.07) is -0.134. The van der Waals surface area contributed by atoms with Gasteiger partial charge in [-0.05, 0) is 18.3 Å². The second-order valence-corrected chi connectivity index (χ2v) is 4.96. The number of likely N-dealkylation sites (tertiary alicyclic amines) is 1. The zero-order valence-corrected chi connectivity index (χ0v) is 10.8. The van der Waals surface area contributed by atoms with Crippen LogP contribution in [0.3, 0.4) is 0 Å². The molecule has 2 amide bonds. The Morgan fingerprint density at radius 2 is 1.82 bits per heavy atom. The van der Waals surface area contributed by atoms with E-state index in [1.54, 1.807) is 4.90 Å². The topological polar surface area (TPSA) is 60.9 Å². The number of nitrogens with zero attached hydrogens (tertiary/aromatic N) is 2. The molecule has 5 heteroatoms. The molecular formula is C12H22N2O3. The van der Waals surface area contributed by atoms with Gasteiger partial charge in [-0.15, -0.1) is 0 Å². The van der Waals surface area contributed by atoms with Gasteiger partial charge in [0.1, 0.15) is 6.54 Å². The fourth-order valence-electron chi connectivity index (χ4n) is 2.16. The Balaban J connectivity index is 2.61. The molecular weight excluding hydrogens is 220 g/mol. The lowest BCUT2D eigenvalue weighted by Crippen LogP contribution is -2.44. The van der Waals surface area contributed by atoms with Crippen LogP contribution in [0, 0.1) is 11.8 Å². The van der Waals surface area contributed by atoms with Crippen LogP contribution in [0.4, 0.5) is 4.79 Å². The molecule has 17 heavy (non-hydrogen) atoms. The van der Waals surface area contributed by atoms with Crippen molar-refractivity contribution in [2.24, 2.45) is 11.8 Å². The maximum absolute atomic E-state index is 12.2. The second-order valence-electron chi connectivity index (χ2n) is 4.96. The summed E-state index contributed by atoms with van der Waals surface area (Å²) in [6.07, 6.45) is 0.776. The van der Waals surface area contributed by atoms with Crippen LogP contribution in [0.1, 0.15) is 27.2 Å². The Labute approximate surface area is 102 Å². The number of hydrogen-bond donors (Lipinski definition) is 1. The van der Waals surface area contributed by atoms with Gasteiger partial charge in [0.15, 0.2) is 0 Å². The highest BCUT2D eigenvalue weighted by Crippen LogP contribution is 2.23. The molecule has 0 radical (unpaired) electrons. The van der Waals surface area contributed by atoms with Crippen LogP contribution >= 0.6 is 0 Å². The molecule has 0 aromatic heterocycles. The van der Waals surface area contributed by atoms with Gasteiger partial charge < -0.3 is 14.9 Å². The number of amides is 2. The lowest BCUT2D eigenvalue weighted by Gasteiger charge is -2.26. The molecule has 2 unspecified atom stereocenters. The first-order valence-electron chi connectivity index (χ1n) is 6.21. The minimum absolute atomic E-state index is 0.134. The average molecular weight is 242 g/mol. The summed E-state index contributed by atoms with van der Waals surface area (Å²) in [4.78, 5) is 26.1. The van der Waals surface area contributed by atoms with E-state index in [0.29, 0.717) is 18.4 Å². The van der Waals surface area contributed by atoms with E-state index in [4.69, 9.17) is 5.11 Å². The molecule has 1 aliphatic heterocycles. The number of urea groups is 1. The number of carboxylic acids is 1. The van der Waals surface area contributed by atoms with Gasteiger partial charge in [0.25, 0.3) is 0 Å². The van der Waals surface area contributed by atoms with Crippen LogP contribution in [-0.2, 0) is 4.79 Å². The normalized spacial score (nSPS) is 23.8. The van der Waals surface area contributed by atoms with Gasteiger partial charge in [-0.1, -0.05) is 20.8 Å². The standard InChI is InChI=1S/C12H22N2O3/c1-4-5-13(8-11(15)16)12(17)14-6-9(2)10(3)7-14/h9-10H,4-8H2,1-3H3,(H,15,16). The number of carbonyl (C=O) groups excluding carboxylic acids is 1. The highest BCUT2D eigenvalue weighted by atomic mass is 16.4. The van der Waals surface area contributed by atoms with Crippen LogP contribution in [0.5, 0.6) is 0 Å². The highest BCUT2D eigenvalue weighted by Gasteiger charge is 2.32. The monoisotopic (exact) mass is 242 g/mol. The summed E-state index contributed by atoms with van der Waals surface area (Å²) >= 11 is 0. The summed E-state index contributed by atoms with van der Waals surface area (Å²) in [5, 5.41) is 8.79. The Hall–Kier alpha value is -1.26. The van der Waals surface area contributed by atoms with Crippen LogP contribution in [-0.4, -0.2) is 53.1 Å². The highest BCUT2D eigenvalue weighted by molar-refractivity contribution is 5.80. The predicted octanol–water partition coefficient (Wildman–Crippen LogP) is 1.49. The average Bonchev–Trinajstić information content (AvgIpc) is 2.57. The van der Waals surface area contributed by atoms with Gasteiger partial charge >= 0.3 is 12.0 Å². The predicted molar refractivity (Wildman–Crippen MR) is 64.8 cm³/mol. The molecule has 1 heterocycles. The summed E-state index contributed by atoms with van der Waals surface area (Å²) < 4.78 is 0. The Kier molecular flexibility index (Phi) is 4.78. The minimum atomic E-state index is -0.952. The largest absolute Gasteiger partial charge is 0.480 e. The maximum atomic E-state index is 12.2. The number of carboxylic acid groups (broad SMARTS) is 1. The molecule has 0 aliphatic carbocycles. The van der Waals surface area contributed by atoms with Gasteiger partial charge in [0.05, 0.1) is 0 Å². The summed E-state index contributed by atoms with van der Waals surface area (Å²) in [6.45, 7) is 7.96. The molecule has 0 saturated carbocycles. The first kappa shape index (κ1) is 13.8. The van der Waals surface area contributed by atoms with E-state index in [0.717, 1.165) is 19.5 Å². The van der Waals surface area contributed by atoms with Crippen LogP contribution in [0.15, 0.2) is 0 Å². The van der Waals surface area contributed by atoms with Crippen molar-refractivity contribution in [3.05, 3.63) is 0 Å². The van der Waals surface area contributed by atoms with Crippen molar-refractivity contribution < 1.29 is 14.7 Å². The number of aliphatic carboxylic acids is 1. The Morgan fingerprint density at radius 1 is 1.29 bits per heavy atom. The molecule has 5 nitrogen and oxygen atoms in total. The molecule has 98 valence electrons. The van der Waals surface area contributed by atoms with E-state index in [2.05, 4.69) is 13.8 Å². The lowest BCUT2D eigenvalue weighted by molar-refractivity contribution is -0.137. The smallest absolute Gasteiger partial charge is 0.323 e. The van der Waals surface area contributed by atoms with Crippen molar-refractivity contribution in [1.29, 1.82) is 0 Å². The van der Waals surface area contributed by atoms with Gasteiger partial charge in [0, 0.05) is 19.6 Å². The fourth-order valence-corrected chi connectivity index (χ4v) is 2.16. The van der Waals surface area contributed by atoms with Gasteiger partial charge in [-0.3, -0.25) is 4.79 Å². The zero-order valence-electron chi connectivity index (χ0n) is 10.8. The first-order valence-corrected chi connectivity index (χ1v) is 6.21. The maximum Gasteiger partial charge on any atom is 0.323 e. The third-order valence-corrected chi connectivity index (χ3v) is 3.35. The Morgan fingerprint density at radius 3 is 2.24 bits per heavy atom. The second kappa shape index (κ2) is 5.89. The van der Waals surface area contributed by atoms with Crippen molar-refractivity contribution in [2.75, 3.05) is 26.2 Å². The molecule has 1 saturated heterocycles. The van der Waals surface area contributed by atoms with E-state index in [1.165, 1.54) is 4.90 Å². The third-order valence-electron chi connectivity index (χ3n) is 3.35. The number of rotatable bonds is 4. The van der Waals surface area contributed by atoms with E-state index in [1.807, 2.05) is 6.92 Å². The SMILES string of the molecule is CCCN(CC(=O)O)C(=O)N1CC(C)C(C)C1. The van der Waals surface area contributed by atoms with Crippen molar-refractivity contribution >= 4 is 12.0 Å². The minimum Gasteiger partial charge on any atom is -0.480 e. The molecule has 1 rings (SSSR count). The van der Waals surface area contributed by atoms with Gasteiger partial charge in [-0.25, -0.2) is 4.79 Å². The molecule has 1 aliphatic rings. The molecule has 1 N–H and O–H groups in total.